The quantitative estimate of drug-likeness (QED) is 0.720. The molecule has 1 aromatic heterocycles. The Morgan fingerprint density at radius 3 is 2.93 bits per heavy atom. The third-order valence-electron chi connectivity index (χ3n) is 4.28. The summed E-state index contributed by atoms with van der Waals surface area (Å²) in [5.74, 6) is -0.441. The van der Waals surface area contributed by atoms with Crippen molar-refractivity contribution in [3.63, 3.8) is 0 Å². The van der Waals surface area contributed by atoms with Gasteiger partial charge in [0.05, 0.1) is 36.9 Å². The third-order valence-corrected chi connectivity index (χ3v) is 4.75. The fourth-order valence-electron chi connectivity index (χ4n) is 2.94. The van der Waals surface area contributed by atoms with Crippen LogP contribution in [-0.4, -0.2) is 60.3 Å². The molecule has 146 valence electrons. The number of halogens is 1. The molecule has 8 nitrogen and oxygen atoms in total. The molecular weight excluding hydrogens is 372 g/mol. The molecule has 1 fully saturated rings. The molecule has 27 heavy (non-hydrogen) atoms. The number of aryl methyl sites for hydroxylation is 1. The summed E-state index contributed by atoms with van der Waals surface area (Å²) in [6, 6.07) is 1.61. The zero-order chi connectivity index (χ0) is 20.0. The maximum Gasteiger partial charge on any atom is 0.409 e. The van der Waals surface area contributed by atoms with E-state index >= 15 is 0 Å². The highest BCUT2D eigenvalue weighted by Gasteiger charge is 2.34. The fourth-order valence-corrected chi connectivity index (χ4v) is 3.12. The van der Waals surface area contributed by atoms with E-state index in [-0.39, 0.29) is 42.1 Å². The molecule has 1 aromatic rings. The van der Waals surface area contributed by atoms with E-state index in [0.717, 1.165) is 0 Å². The standard InChI is InChI=1S/C18H23ClN4O4/c1-4-8-27-14-10-23(18(25)26-5-2)7-6-13(14)22-17(24)16-12(9-20)15(19)11(3)21-16/h4,13-14,21H,1,5-8,10H2,2-3H3,(H,22,24)/t13-,14+/m1/s1. The Kier molecular flexibility index (Phi) is 7.28. The number of hydrogen-bond acceptors (Lipinski definition) is 5. The molecular formula is C18H23ClN4O4. The van der Waals surface area contributed by atoms with Gasteiger partial charge in [0.2, 0.25) is 0 Å². The van der Waals surface area contributed by atoms with Gasteiger partial charge in [-0.05, 0) is 20.3 Å². The lowest BCUT2D eigenvalue weighted by Crippen LogP contribution is -2.56. The van der Waals surface area contributed by atoms with E-state index < -0.39 is 18.1 Å². The topological polar surface area (TPSA) is 107 Å². The molecule has 1 aliphatic heterocycles. The highest BCUT2D eigenvalue weighted by molar-refractivity contribution is 6.33. The minimum atomic E-state index is -0.441. The van der Waals surface area contributed by atoms with Gasteiger partial charge in [0, 0.05) is 12.2 Å². The number of aromatic nitrogens is 1. The lowest BCUT2D eigenvalue weighted by molar-refractivity contribution is -0.00919. The number of carbonyl (C=O) groups is 2. The maximum atomic E-state index is 12.7. The molecule has 1 saturated heterocycles. The molecule has 0 spiro atoms. The molecule has 0 aromatic carbocycles. The van der Waals surface area contributed by atoms with E-state index in [1.165, 1.54) is 0 Å². The number of likely N-dealkylation sites (tertiary alicyclic amines) is 1. The summed E-state index contributed by atoms with van der Waals surface area (Å²) in [4.78, 5) is 29.0. The predicted octanol–water partition coefficient (Wildman–Crippen LogP) is 2.38. The number of piperidine rings is 1. The van der Waals surface area contributed by atoms with E-state index in [4.69, 9.17) is 21.1 Å². The van der Waals surface area contributed by atoms with Crippen molar-refractivity contribution in [2.24, 2.45) is 0 Å². The minimum Gasteiger partial charge on any atom is -0.450 e. The molecule has 2 amide bonds. The largest absolute Gasteiger partial charge is 0.450 e. The van der Waals surface area contributed by atoms with Crippen LogP contribution in [0.5, 0.6) is 0 Å². The molecule has 0 unspecified atom stereocenters. The summed E-state index contributed by atoms with van der Waals surface area (Å²) in [7, 11) is 0. The zero-order valence-electron chi connectivity index (χ0n) is 15.4. The number of rotatable bonds is 6. The second-order valence-corrected chi connectivity index (χ2v) is 6.48. The lowest BCUT2D eigenvalue weighted by atomic mass is 10.0. The van der Waals surface area contributed by atoms with Crippen molar-refractivity contribution in [3.05, 3.63) is 34.6 Å². The van der Waals surface area contributed by atoms with Crippen LogP contribution >= 0.6 is 11.6 Å². The van der Waals surface area contributed by atoms with Gasteiger partial charge in [-0.1, -0.05) is 17.7 Å². The number of nitrogens with zero attached hydrogens (tertiary/aromatic N) is 2. The van der Waals surface area contributed by atoms with Crippen molar-refractivity contribution in [1.82, 2.24) is 15.2 Å². The Labute approximate surface area is 163 Å². The minimum absolute atomic E-state index is 0.110. The number of nitriles is 1. The Morgan fingerprint density at radius 2 is 2.30 bits per heavy atom. The van der Waals surface area contributed by atoms with Crippen LogP contribution in [0.4, 0.5) is 4.79 Å². The predicted molar refractivity (Wildman–Crippen MR) is 99.7 cm³/mol. The number of amides is 2. The summed E-state index contributed by atoms with van der Waals surface area (Å²) < 4.78 is 10.8. The summed E-state index contributed by atoms with van der Waals surface area (Å²) >= 11 is 6.05. The highest BCUT2D eigenvalue weighted by Crippen LogP contribution is 2.24. The summed E-state index contributed by atoms with van der Waals surface area (Å²) in [5, 5.41) is 12.4. The molecule has 2 rings (SSSR count). The summed E-state index contributed by atoms with van der Waals surface area (Å²) in [6.07, 6.45) is 1.25. The first-order chi connectivity index (χ1) is 12.9. The van der Waals surface area contributed by atoms with Gasteiger partial charge in [0.25, 0.3) is 5.91 Å². The molecule has 9 heteroatoms. The zero-order valence-corrected chi connectivity index (χ0v) is 16.1. The average Bonchev–Trinajstić information content (AvgIpc) is 2.95. The van der Waals surface area contributed by atoms with E-state index in [1.54, 1.807) is 24.8 Å². The third kappa shape index (κ3) is 4.81. The van der Waals surface area contributed by atoms with E-state index in [1.807, 2.05) is 6.07 Å². The van der Waals surface area contributed by atoms with Crippen molar-refractivity contribution < 1.29 is 19.1 Å². The van der Waals surface area contributed by atoms with Crippen LogP contribution in [0.1, 0.15) is 35.1 Å². The number of nitrogens with one attached hydrogen (secondary N) is 2. The van der Waals surface area contributed by atoms with Crippen molar-refractivity contribution in [2.45, 2.75) is 32.4 Å². The average molecular weight is 395 g/mol. The lowest BCUT2D eigenvalue weighted by Gasteiger charge is -2.37. The SMILES string of the molecule is C=CCO[C@H]1CN(C(=O)OCC)CC[C@H]1NC(=O)c1[nH]c(C)c(Cl)c1C#N. The van der Waals surface area contributed by atoms with Gasteiger partial charge in [0.15, 0.2) is 0 Å². The van der Waals surface area contributed by atoms with Gasteiger partial charge in [0.1, 0.15) is 17.3 Å². The van der Waals surface area contributed by atoms with E-state index in [9.17, 15) is 14.9 Å². The first-order valence-electron chi connectivity index (χ1n) is 8.66. The van der Waals surface area contributed by atoms with Crippen molar-refractivity contribution in [1.29, 1.82) is 5.26 Å². The first kappa shape index (κ1) is 20.8. The van der Waals surface area contributed by atoms with E-state index in [2.05, 4.69) is 16.9 Å². The second-order valence-electron chi connectivity index (χ2n) is 6.10. The smallest absolute Gasteiger partial charge is 0.409 e. The van der Waals surface area contributed by atoms with Crippen molar-refractivity contribution in [2.75, 3.05) is 26.3 Å². The van der Waals surface area contributed by atoms with Crippen LogP contribution in [-0.2, 0) is 9.47 Å². The van der Waals surface area contributed by atoms with Crippen LogP contribution in [0, 0.1) is 18.3 Å². The Morgan fingerprint density at radius 1 is 1.56 bits per heavy atom. The van der Waals surface area contributed by atoms with Crippen LogP contribution in [0.15, 0.2) is 12.7 Å². The Hall–Kier alpha value is -2.50. The van der Waals surface area contributed by atoms with Crippen molar-refractivity contribution >= 4 is 23.6 Å². The molecule has 2 heterocycles. The Bertz CT molecular complexity index is 755. The molecule has 0 aliphatic carbocycles. The number of H-pyrrole nitrogens is 1. The number of ether oxygens (including phenoxy) is 2. The molecule has 2 N–H and O–H groups in total. The van der Waals surface area contributed by atoms with Gasteiger partial charge < -0.3 is 24.7 Å². The number of hydrogen-bond donors (Lipinski definition) is 2. The molecule has 2 atom stereocenters. The summed E-state index contributed by atoms with van der Waals surface area (Å²) in [5.41, 5.74) is 0.782. The van der Waals surface area contributed by atoms with E-state index in [0.29, 0.717) is 18.7 Å². The molecule has 0 bridgehead atoms. The van der Waals surface area contributed by atoms with Gasteiger partial charge in [-0.2, -0.15) is 5.26 Å². The maximum absolute atomic E-state index is 12.7. The van der Waals surface area contributed by atoms with Gasteiger partial charge in [-0.15, -0.1) is 6.58 Å². The van der Waals surface area contributed by atoms with Crippen molar-refractivity contribution in [3.8, 4) is 6.07 Å². The number of carbonyl (C=O) groups excluding carboxylic acids is 2. The van der Waals surface area contributed by atoms with Crippen LogP contribution in [0.2, 0.25) is 5.02 Å². The van der Waals surface area contributed by atoms with Crippen LogP contribution < -0.4 is 5.32 Å². The summed E-state index contributed by atoms with van der Waals surface area (Å²) in [6.45, 7) is 8.34. The highest BCUT2D eigenvalue weighted by atomic mass is 35.5. The molecule has 1 aliphatic rings. The second kappa shape index (κ2) is 9.44. The Balaban J connectivity index is 2.12. The van der Waals surface area contributed by atoms with Gasteiger partial charge >= 0.3 is 6.09 Å². The molecule has 0 saturated carbocycles. The fraction of sp³-hybridized carbons (Fsp3) is 0.500. The van der Waals surface area contributed by atoms with Gasteiger partial charge in [-0.3, -0.25) is 4.79 Å². The van der Waals surface area contributed by atoms with Crippen LogP contribution in [0.25, 0.3) is 0 Å². The first-order valence-corrected chi connectivity index (χ1v) is 9.03. The normalized spacial score (nSPS) is 19.3. The molecule has 0 radical (unpaired) electrons. The number of aromatic amines is 1. The van der Waals surface area contributed by atoms with Gasteiger partial charge in [-0.25, -0.2) is 4.79 Å². The monoisotopic (exact) mass is 394 g/mol. The van der Waals surface area contributed by atoms with Crippen LogP contribution in [0.3, 0.4) is 0 Å².